The molecule has 0 bridgehead atoms. The van der Waals surface area contributed by atoms with Crippen LogP contribution in [0.3, 0.4) is 0 Å². The topological polar surface area (TPSA) is 78.9 Å². The molecule has 1 saturated carbocycles. The predicted octanol–water partition coefficient (Wildman–Crippen LogP) is 3.85. The van der Waals surface area contributed by atoms with Gasteiger partial charge in [-0.05, 0) is 49.8 Å². The number of anilines is 1. The number of nitrogens with zero attached hydrogens (tertiary/aromatic N) is 1. The van der Waals surface area contributed by atoms with Crippen molar-refractivity contribution in [3.63, 3.8) is 0 Å². The third kappa shape index (κ3) is 4.57. The first kappa shape index (κ1) is 17.9. The van der Waals surface area contributed by atoms with Crippen molar-refractivity contribution in [1.29, 1.82) is 0 Å². The fourth-order valence-corrected chi connectivity index (χ4v) is 3.29. The van der Waals surface area contributed by atoms with Crippen molar-refractivity contribution in [1.82, 2.24) is 4.90 Å². The summed E-state index contributed by atoms with van der Waals surface area (Å²) in [4.78, 5) is 25.1. The second-order valence-electron chi connectivity index (χ2n) is 6.78. The van der Waals surface area contributed by atoms with Gasteiger partial charge < -0.3 is 20.1 Å². The van der Waals surface area contributed by atoms with Crippen LogP contribution in [0.5, 0.6) is 5.75 Å². The Labute approximate surface area is 152 Å². The molecule has 1 aromatic rings. The molecule has 1 heterocycles. The third-order valence-electron chi connectivity index (χ3n) is 5.01. The standard InChI is InChI=1S/C18H23ClN2O4/c19-14-4-5-16(25-11-12-2-1-3-12)15(10-14)20-18(24)21-8-6-13(7-9-21)17(22)23/h4-5,10,12-13H,1-3,6-9,11H2,(H,20,24)(H,22,23). The van der Waals surface area contributed by atoms with Gasteiger partial charge in [0.05, 0.1) is 18.2 Å². The number of piperidine rings is 1. The van der Waals surface area contributed by atoms with Crippen LogP contribution in [-0.4, -0.2) is 41.7 Å². The minimum atomic E-state index is -0.790. The van der Waals surface area contributed by atoms with E-state index in [0.29, 0.717) is 54.9 Å². The highest BCUT2D eigenvalue weighted by atomic mass is 35.5. The summed E-state index contributed by atoms with van der Waals surface area (Å²) in [6.45, 7) is 1.51. The lowest BCUT2D eigenvalue weighted by molar-refractivity contribution is -0.143. The van der Waals surface area contributed by atoms with Crippen molar-refractivity contribution in [2.75, 3.05) is 25.0 Å². The SMILES string of the molecule is O=C(O)C1CCN(C(=O)Nc2cc(Cl)ccc2OCC2CCC2)CC1. The molecule has 0 spiro atoms. The molecule has 1 aliphatic carbocycles. The molecule has 1 aromatic carbocycles. The van der Waals surface area contributed by atoms with E-state index in [9.17, 15) is 9.59 Å². The van der Waals surface area contributed by atoms with Gasteiger partial charge >= 0.3 is 12.0 Å². The number of urea groups is 1. The Kier molecular flexibility index (Phi) is 5.68. The summed E-state index contributed by atoms with van der Waals surface area (Å²) >= 11 is 6.06. The Morgan fingerprint density at radius 1 is 1.24 bits per heavy atom. The molecule has 0 atom stereocenters. The first-order chi connectivity index (χ1) is 12.0. The molecular formula is C18H23ClN2O4. The summed E-state index contributed by atoms with van der Waals surface area (Å²) in [6.07, 6.45) is 4.58. The van der Waals surface area contributed by atoms with Crippen LogP contribution in [0.1, 0.15) is 32.1 Å². The van der Waals surface area contributed by atoms with Gasteiger partial charge in [0.1, 0.15) is 5.75 Å². The van der Waals surface area contributed by atoms with Crippen LogP contribution in [0.4, 0.5) is 10.5 Å². The van der Waals surface area contributed by atoms with E-state index in [1.807, 2.05) is 0 Å². The Morgan fingerprint density at radius 3 is 2.56 bits per heavy atom. The first-order valence-electron chi connectivity index (χ1n) is 8.74. The highest BCUT2D eigenvalue weighted by Crippen LogP contribution is 2.32. The van der Waals surface area contributed by atoms with Gasteiger partial charge in [0.25, 0.3) is 0 Å². The molecule has 2 aliphatic rings. The highest BCUT2D eigenvalue weighted by Gasteiger charge is 2.27. The van der Waals surface area contributed by atoms with Crippen molar-refractivity contribution < 1.29 is 19.4 Å². The monoisotopic (exact) mass is 366 g/mol. The number of halogens is 1. The number of carboxylic acids is 1. The third-order valence-corrected chi connectivity index (χ3v) is 5.25. The molecule has 2 amide bonds. The van der Waals surface area contributed by atoms with Crippen molar-refractivity contribution in [3.8, 4) is 5.75 Å². The summed E-state index contributed by atoms with van der Waals surface area (Å²) in [5.74, 6) is 0.0533. The van der Waals surface area contributed by atoms with Crippen LogP contribution in [0.2, 0.25) is 5.02 Å². The second-order valence-corrected chi connectivity index (χ2v) is 7.21. The molecule has 1 aliphatic heterocycles. The largest absolute Gasteiger partial charge is 0.491 e. The van der Waals surface area contributed by atoms with Gasteiger partial charge in [-0.15, -0.1) is 0 Å². The molecular weight excluding hydrogens is 344 g/mol. The number of ether oxygens (including phenoxy) is 1. The summed E-state index contributed by atoms with van der Waals surface area (Å²) in [7, 11) is 0. The number of likely N-dealkylation sites (tertiary alicyclic amines) is 1. The maximum absolute atomic E-state index is 12.5. The molecule has 25 heavy (non-hydrogen) atoms. The van der Waals surface area contributed by atoms with Crippen molar-refractivity contribution >= 4 is 29.3 Å². The van der Waals surface area contributed by atoms with Crippen LogP contribution >= 0.6 is 11.6 Å². The number of aliphatic carboxylic acids is 1. The quantitative estimate of drug-likeness (QED) is 0.829. The Bertz CT molecular complexity index is 640. The Balaban J connectivity index is 1.60. The minimum absolute atomic E-state index is 0.250. The molecule has 3 rings (SSSR count). The molecule has 7 heteroatoms. The average molecular weight is 367 g/mol. The molecule has 0 unspecified atom stereocenters. The number of rotatable bonds is 5. The Hall–Kier alpha value is -1.95. The molecule has 136 valence electrons. The number of hydrogen-bond acceptors (Lipinski definition) is 3. The average Bonchev–Trinajstić information content (AvgIpc) is 2.55. The van der Waals surface area contributed by atoms with E-state index < -0.39 is 5.97 Å². The van der Waals surface area contributed by atoms with Gasteiger partial charge in [0.15, 0.2) is 0 Å². The minimum Gasteiger partial charge on any atom is -0.491 e. The number of carboxylic acid groups (broad SMARTS) is 1. The molecule has 1 saturated heterocycles. The molecule has 2 N–H and O–H groups in total. The van der Waals surface area contributed by atoms with Crippen LogP contribution in [0, 0.1) is 11.8 Å². The summed E-state index contributed by atoms with van der Waals surface area (Å²) in [6, 6.07) is 4.94. The van der Waals surface area contributed by atoms with E-state index in [1.54, 1.807) is 23.1 Å². The van der Waals surface area contributed by atoms with E-state index in [1.165, 1.54) is 19.3 Å². The zero-order valence-corrected chi connectivity index (χ0v) is 14.8. The first-order valence-corrected chi connectivity index (χ1v) is 9.12. The summed E-state index contributed by atoms with van der Waals surface area (Å²) in [5, 5.41) is 12.4. The number of hydrogen-bond donors (Lipinski definition) is 2. The molecule has 0 aromatic heterocycles. The summed E-state index contributed by atoms with van der Waals surface area (Å²) in [5.41, 5.74) is 0.553. The van der Waals surface area contributed by atoms with Gasteiger partial charge in [-0.25, -0.2) is 4.79 Å². The number of carbonyl (C=O) groups is 2. The van der Waals surface area contributed by atoms with Crippen LogP contribution in [0.15, 0.2) is 18.2 Å². The van der Waals surface area contributed by atoms with E-state index in [0.717, 1.165) is 0 Å². The van der Waals surface area contributed by atoms with Gasteiger partial charge in [0, 0.05) is 18.1 Å². The maximum Gasteiger partial charge on any atom is 0.321 e. The normalized spacial score (nSPS) is 18.5. The van der Waals surface area contributed by atoms with Crippen LogP contribution in [0.25, 0.3) is 0 Å². The lowest BCUT2D eigenvalue weighted by Crippen LogP contribution is -2.42. The second kappa shape index (κ2) is 7.95. The maximum atomic E-state index is 12.5. The van der Waals surface area contributed by atoms with Gasteiger partial charge in [-0.1, -0.05) is 18.0 Å². The predicted molar refractivity (Wildman–Crippen MR) is 95.2 cm³/mol. The van der Waals surface area contributed by atoms with Crippen molar-refractivity contribution in [2.24, 2.45) is 11.8 Å². The van der Waals surface area contributed by atoms with E-state index >= 15 is 0 Å². The molecule has 2 fully saturated rings. The number of amides is 2. The summed E-state index contributed by atoms with van der Waals surface area (Å²) < 4.78 is 5.86. The number of carbonyl (C=O) groups excluding carboxylic acids is 1. The lowest BCUT2D eigenvalue weighted by atomic mass is 9.86. The molecule has 0 radical (unpaired) electrons. The van der Waals surface area contributed by atoms with Crippen molar-refractivity contribution in [3.05, 3.63) is 23.2 Å². The smallest absolute Gasteiger partial charge is 0.321 e. The number of nitrogens with one attached hydrogen (secondary N) is 1. The lowest BCUT2D eigenvalue weighted by Gasteiger charge is -2.30. The zero-order valence-electron chi connectivity index (χ0n) is 14.0. The number of benzene rings is 1. The fourth-order valence-electron chi connectivity index (χ4n) is 3.12. The highest BCUT2D eigenvalue weighted by molar-refractivity contribution is 6.31. The Morgan fingerprint density at radius 2 is 1.96 bits per heavy atom. The zero-order chi connectivity index (χ0) is 17.8. The molecule has 6 nitrogen and oxygen atoms in total. The van der Waals surface area contributed by atoms with E-state index in [-0.39, 0.29) is 11.9 Å². The van der Waals surface area contributed by atoms with E-state index in [2.05, 4.69) is 5.32 Å². The van der Waals surface area contributed by atoms with Gasteiger partial charge in [-0.2, -0.15) is 0 Å². The van der Waals surface area contributed by atoms with Crippen LogP contribution < -0.4 is 10.1 Å². The van der Waals surface area contributed by atoms with Crippen LogP contribution in [-0.2, 0) is 4.79 Å². The van der Waals surface area contributed by atoms with E-state index in [4.69, 9.17) is 21.4 Å². The van der Waals surface area contributed by atoms with Gasteiger partial charge in [-0.3, -0.25) is 4.79 Å². The fraction of sp³-hybridized carbons (Fsp3) is 0.556. The van der Waals surface area contributed by atoms with Gasteiger partial charge in [0.2, 0.25) is 0 Å². The van der Waals surface area contributed by atoms with Crippen molar-refractivity contribution in [2.45, 2.75) is 32.1 Å².